The number of nitrogens with one attached hydrogen (secondary N) is 2. The number of nitro benzene ring substituents is 1. The van der Waals surface area contributed by atoms with Crippen LogP contribution < -0.4 is 15.4 Å². The number of ether oxygens (including phenoxy) is 1. The van der Waals surface area contributed by atoms with Crippen LogP contribution in [0, 0.1) is 10.1 Å². The molecule has 0 radical (unpaired) electrons. The molecule has 8 nitrogen and oxygen atoms in total. The fraction of sp³-hybridized carbons (Fsp3) is 0.562. The van der Waals surface area contributed by atoms with Crippen LogP contribution >= 0.6 is 0 Å². The molecule has 0 saturated carbocycles. The SMILES string of the molecule is COc1ccc([N+](=O)[O-])cc1NC(=O)NC1C[C@H]2CC[C@@H](C1)N2C. The van der Waals surface area contributed by atoms with Crippen molar-refractivity contribution in [3.05, 3.63) is 28.3 Å². The van der Waals surface area contributed by atoms with E-state index in [1.54, 1.807) is 0 Å². The first-order valence-corrected chi connectivity index (χ1v) is 8.10. The molecule has 2 fully saturated rings. The van der Waals surface area contributed by atoms with E-state index in [-0.39, 0.29) is 17.8 Å². The lowest BCUT2D eigenvalue weighted by Crippen LogP contribution is -2.49. The number of benzene rings is 1. The lowest BCUT2D eigenvalue weighted by Gasteiger charge is -2.36. The van der Waals surface area contributed by atoms with Gasteiger partial charge in [-0.1, -0.05) is 0 Å². The largest absolute Gasteiger partial charge is 0.495 e. The molecule has 2 amide bonds. The highest BCUT2D eigenvalue weighted by molar-refractivity contribution is 5.91. The Balaban J connectivity index is 1.65. The van der Waals surface area contributed by atoms with Crippen molar-refractivity contribution in [2.75, 3.05) is 19.5 Å². The number of urea groups is 1. The summed E-state index contributed by atoms with van der Waals surface area (Å²) in [5.41, 5.74) is 0.198. The summed E-state index contributed by atoms with van der Waals surface area (Å²) < 4.78 is 5.16. The minimum atomic E-state index is -0.503. The summed E-state index contributed by atoms with van der Waals surface area (Å²) in [6, 6.07) is 4.95. The summed E-state index contributed by atoms with van der Waals surface area (Å²) in [5, 5.41) is 16.6. The van der Waals surface area contributed by atoms with Crippen LogP contribution in [0.5, 0.6) is 5.75 Å². The fourth-order valence-corrected chi connectivity index (χ4v) is 3.78. The van der Waals surface area contributed by atoms with Crippen LogP contribution in [0.1, 0.15) is 25.7 Å². The minimum Gasteiger partial charge on any atom is -0.495 e. The number of nitro groups is 1. The molecule has 1 unspecified atom stereocenters. The molecule has 0 spiro atoms. The number of anilines is 1. The van der Waals surface area contributed by atoms with Gasteiger partial charge in [-0.25, -0.2) is 4.79 Å². The van der Waals surface area contributed by atoms with Gasteiger partial charge in [0.15, 0.2) is 0 Å². The number of rotatable bonds is 4. The summed E-state index contributed by atoms with van der Waals surface area (Å²) in [4.78, 5) is 25.1. The van der Waals surface area contributed by atoms with Crippen molar-refractivity contribution in [2.45, 2.75) is 43.8 Å². The molecule has 2 aliphatic heterocycles. The lowest BCUT2D eigenvalue weighted by atomic mass is 9.98. The number of carbonyl (C=O) groups is 1. The van der Waals surface area contributed by atoms with Gasteiger partial charge >= 0.3 is 6.03 Å². The summed E-state index contributed by atoms with van der Waals surface area (Å²) >= 11 is 0. The normalized spacial score (nSPS) is 26.0. The van der Waals surface area contributed by atoms with Crippen molar-refractivity contribution in [1.82, 2.24) is 10.2 Å². The van der Waals surface area contributed by atoms with Crippen molar-refractivity contribution in [3.63, 3.8) is 0 Å². The maximum absolute atomic E-state index is 12.3. The molecule has 2 heterocycles. The summed E-state index contributed by atoms with van der Waals surface area (Å²) in [7, 11) is 3.60. The van der Waals surface area contributed by atoms with Crippen LogP contribution in [0.4, 0.5) is 16.2 Å². The molecule has 0 aromatic heterocycles. The molecule has 2 bridgehead atoms. The topological polar surface area (TPSA) is 96.7 Å². The third kappa shape index (κ3) is 3.28. The average molecular weight is 334 g/mol. The van der Waals surface area contributed by atoms with E-state index in [0.717, 1.165) is 12.8 Å². The average Bonchev–Trinajstić information content (AvgIpc) is 2.76. The smallest absolute Gasteiger partial charge is 0.319 e. The molecule has 2 saturated heterocycles. The number of amides is 2. The Kier molecular flexibility index (Phi) is 4.57. The van der Waals surface area contributed by atoms with Crippen molar-refractivity contribution in [3.8, 4) is 5.75 Å². The molecule has 0 aliphatic carbocycles. The molecular weight excluding hydrogens is 312 g/mol. The van der Waals surface area contributed by atoms with Gasteiger partial charge in [0.2, 0.25) is 0 Å². The number of nitrogens with zero attached hydrogens (tertiary/aromatic N) is 2. The molecular formula is C16H22N4O4. The van der Waals surface area contributed by atoms with Gasteiger partial charge in [0, 0.05) is 30.3 Å². The van der Waals surface area contributed by atoms with Gasteiger partial charge in [-0.05, 0) is 38.8 Å². The standard InChI is InChI=1S/C16H22N4O4/c1-19-11-3-4-12(19)8-10(7-11)17-16(21)18-14-9-13(20(22)23)5-6-15(14)24-2/h5-6,9-12H,3-4,7-8H2,1-2H3,(H2,17,18,21)/t10?,11-,12+. The van der Waals surface area contributed by atoms with E-state index in [1.165, 1.54) is 38.2 Å². The van der Waals surface area contributed by atoms with Crippen LogP contribution in [-0.4, -0.2) is 48.1 Å². The first-order valence-electron chi connectivity index (χ1n) is 8.10. The van der Waals surface area contributed by atoms with E-state index in [9.17, 15) is 14.9 Å². The Bertz CT molecular complexity index is 637. The summed E-state index contributed by atoms with van der Waals surface area (Å²) in [6.07, 6.45) is 4.23. The first-order chi connectivity index (χ1) is 11.5. The third-order valence-electron chi connectivity index (χ3n) is 5.08. The van der Waals surface area contributed by atoms with Gasteiger partial charge < -0.3 is 20.3 Å². The fourth-order valence-electron chi connectivity index (χ4n) is 3.78. The summed E-state index contributed by atoms with van der Waals surface area (Å²) in [6.45, 7) is 0. The molecule has 1 aromatic carbocycles. The van der Waals surface area contributed by atoms with Gasteiger partial charge in [-0.15, -0.1) is 0 Å². The third-order valence-corrected chi connectivity index (χ3v) is 5.08. The highest BCUT2D eigenvalue weighted by atomic mass is 16.6. The van der Waals surface area contributed by atoms with Crippen molar-refractivity contribution < 1.29 is 14.5 Å². The van der Waals surface area contributed by atoms with Gasteiger partial charge in [0.05, 0.1) is 17.7 Å². The van der Waals surface area contributed by atoms with Gasteiger partial charge in [-0.2, -0.15) is 0 Å². The maximum Gasteiger partial charge on any atom is 0.319 e. The van der Waals surface area contributed by atoms with Crippen molar-refractivity contribution >= 4 is 17.4 Å². The zero-order valence-electron chi connectivity index (χ0n) is 13.8. The van der Waals surface area contributed by atoms with E-state index in [2.05, 4.69) is 22.6 Å². The Morgan fingerprint density at radius 2 is 2.00 bits per heavy atom. The number of fused-ring (bicyclic) bond motifs is 2. The molecule has 24 heavy (non-hydrogen) atoms. The molecule has 2 N–H and O–H groups in total. The van der Waals surface area contributed by atoms with Crippen molar-refractivity contribution in [1.29, 1.82) is 0 Å². The van der Waals surface area contributed by atoms with E-state index in [0.29, 0.717) is 23.5 Å². The quantitative estimate of drug-likeness (QED) is 0.651. The molecule has 3 rings (SSSR count). The number of hydrogen-bond acceptors (Lipinski definition) is 5. The van der Waals surface area contributed by atoms with Crippen molar-refractivity contribution in [2.24, 2.45) is 0 Å². The number of non-ortho nitro benzene ring substituents is 1. The van der Waals surface area contributed by atoms with Crippen LogP contribution in [0.15, 0.2) is 18.2 Å². The number of methoxy groups -OCH3 is 1. The van der Waals surface area contributed by atoms with Gasteiger partial charge in [0.25, 0.3) is 5.69 Å². The van der Waals surface area contributed by atoms with Crippen LogP contribution in [0.25, 0.3) is 0 Å². The van der Waals surface area contributed by atoms with E-state index in [4.69, 9.17) is 4.74 Å². The van der Waals surface area contributed by atoms with E-state index >= 15 is 0 Å². The zero-order valence-corrected chi connectivity index (χ0v) is 13.8. The number of carbonyl (C=O) groups excluding carboxylic acids is 1. The predicted molar refractivity (Wildman–Crippen MR) is 89.4 cm³/mol. The van der Waals surface area contributed by atoms with E-state index in [1.807, 2.05) is 0 Å². The highest BCUT2D eigenvalue weighted by Gasteiger charge is 2.38. The van der Waals surface area contributed by atoms with Crippen LogP contribution in [0.2, 0.25) is 0 Å². The second kappa shape index (κ2) is 6.64. The lowest BCUT2D eigenvalue weighted by molar-refractivity contribution is -0.384. The van der Waals surface area contributed by atoms with Crippen LogP contribution in [0.3, 0.4) is 0 Å². The minimum absolute atomic E-state index is 0.0940. The van der Waals surface area contributed by atoms with Gasteiger partial charge in [0.1, 0.15) is 5.75 Å². The predicted octanol–water partition coefficient (Wildman–Crippen LogP) is 2.35. The Morgan fingerprint density at radius 3 is 2.58 bits per heavy atom. The second-order valence-corrected chi connectivity index (χ2v) is 6.46. The Hall–Kier alpha value is -2.35. The Labute approximate surface area is 140 Å². The maximum atomic E-state index is 12.3. The molecule has 2 aliphatic rings. The molecule has 130 valence electrons. The monoisotopic (exact) mass is 334 g/mol. The van der Waals surface area contributed by atoms with E-state index < -0.39 is 4.92 Å². The molecule has 3 atom stereocenters. The molecule has 8 heteroatoms. The van der Waals surface area contributed by atoms with Gasteiger partial charge in [-0.3, -0.25) is 10.1 Å². The Morgan fingerprint density at radius 1 is 1.33 bits per heavy atom. The number of piperidine rings is 1. The molecule has 1 aromatic rings. The number of hydrogen-bond donors (Lipinski definition) is 2. The summed E-state index contributed by atoms with van der Waals surface area (Å²) in [5.74, 6) is 0.388. The highest BCUT2D eigenvalue weighted by Crippen LogP contribution is 2.34. The first kappa shape index (κ1) is 16.5. The zero-order chi connectivity index (χ0) is 17.3. The second-order valence-electron chi connectivity index (χ2n) is 6.46. The van der Waals surface area contributed by atoms with Crippen LogP contribution in [-0.2, 0) is 0 Å².